The maximum Gasteiger partial charge on any atom is 0.261 e. The second-order valence-corrected chi connectivity index (χ2v) is 7.37. The van der Waals surface area contributed by atoms with Crippen LogP contribution >= 0.6 is 0 Å². The van der Waals surface area contributed by atoms with E-state index in [0.717, 1.165) is 16.8 Å². The van der Waals surface area contributed by atoms with E-state index >= 15 is 0 Å². The number of para-hydroxylation sites is 1. The number of nitrogens with zero attached hydrogens (tertiary/aromatic N) is 1. The maximum atomic E-state index is 13.5. The first-order valence-electron chi connectivity index (χ1n) is 9.07. The monoisotopic (exact) mass is 367 g/mol. The molecule has 0 saturated heterocycles. The lowest BCUT2D eigenvalue weighted by atomic mass is 9.85. The second-order valence-electron chi connectivity index (χ2n) is 7.37. The van der Waals surface area contributed by atoms with Gasteiger partial charge in [0.05, 0.1) is 0 Å². The minimum absolute atomic E-state index is 0.0359. The Bertz CT molecular complexity index is 750. The molecular weight excluding hydrogens is 338 g/mol. The molecule has 0 unspecified atom stereocenters. The van der Waals surface area contributed by atoms with Crippen molar-refractivity contribution >= 4 is 11.6 Å². The Kier molecular flexibility index (Phi) is 7.34. The Morgan fingerprint density at radius 1 is 1.11 bits per heavy atom. The molecule has 0 fully saturated rings. The first kappa shape index (κ1) is 20.9. The lowest BCUT2D eigenvalue weighted by Crippen LogP contribution is -2.38. The zero-order valence-corrected chi connectivity index (χ0v) is 16.6. The van der Waals surface area contributed by atoms with Gasteiger partial charge in [0.1, 0.15) is 6.79 Å². The standard InChI is InChI=1S/C23H29NO3/c1-6-16-24(20-15-11-10-14-19(20)23(2,3)4)22(25)21(27-17-26-5)18-12-8-7-9-13-18/h6-15,21H,1,16-17H2,2-5H3/t21-/m0/s1. The molecule has 0 saturated carbocycles. The first-order chi connectivity index (χ1) is 12.9. The Hall–Kier alpha value is -2.43. The molecule has 1 atom stereocenters. The van der Waals surface area contributed by atoms with E-state index in [1.165, 1.54) is 0 Å². The molecule has 0 bridgehead atoms. The van der Waals surface area contributed by atoms with Crippen LogP contribution in [-0.4, -0.2) is 26.4 Å². The zero-order chi connectivity index (χ0) is 19.9. The van der Waals surface area contributed by atoms with Crippen LogP contribution in [0, 0.1) is 0 Å². The van der Waals surface area contributed by atoms with Crippen LogP contribution in [0.4, 0.5) is 5.69 Å². The molecule has 144 valence electrons. The molecule has 4 nitrogen and oxygen atoms in total. The van der Waals surface area contributed by atoms with Gasteiger partial charge in [-0.25, -0.2) is 0 Å². The summed E-state index contributed by atoms with van der Waals surface area (Å²) in [7, 11) is 1.54. The van der Waals surface area contributed by atoms with Gasteiger partial charge in [-0.2, -0.15) is 0 Å². The number of hydrogen-bond acceptors (Lipinski definition) is 3. The second kappa shape index (κ2) is 9.49. The highest BCUT2D eigenvalue weighted by molar-refractivity contribution is 5.98. The van der Waals surface area contributed by atoms with Crippen LogP contribution in [0.5, 0.6) is 0 Å². The molecule has 1 amide bonds. The Labute approximate surface area is 162 Å². The van der Waals surface area contributed by atoms with Crippen molar-refractivity contribution in [2.24, 2.45) is 0 Å². The summed E-state index contributed by atoms with van der Waals surface area (Å²) in [6.07, 6.45) is 0.981. The van der Waals surface area contributed by atoms with Crippen LogP contribution in [-0.2, 0) is 19.7 Å². The van der Waals surface area contributed by atoms with Crippen molar-refractivity contribution in [3.8, 4) is 0 Å². The van der Waals surface area contributed by atoms with E-state index in [4.69, 9.17) is 9.47 Å². The van der Waals surface area contributed by atoms with Gasteiger partial charge in [0, 0.05) is 19.3 Å². The average molecular weight is 367 g/mol. The van der Waals surface area contributed by atoms with Crippen molar-refractivity contribution in [2.45, 2.75) is 32.3 Å². The van der Waals surface area contributed by atoms with Gasteiger partial charge in [0.25, 0.3) is 5.91 Å². The molecule has 0 aliphatic rings. The summed E-state index contributed by atoms with van der Waals surface area (Å²) in [4.78, 5) is 15.3. The van der Waals surface area contributed by atoms with Crippen molar-refractivity contribution in [1.82, 2.24) is 0 Å². The molecule has 2 aromatic rings. The van der Waals surface area contributed by atoms with Crippen molar-refractivity contribution in [3.63, 3.8) is 0 Å². The van der Waals surface area contributed by atoms with Crippen LogP contribution < -0.4 is 4.90 Å². The van der Waals surface area contributed by atoms with Gasteiger partial charge >= 0.3 is 0 Å². The third-order valence-electron chi connectivity index (χ3n) is 4.26. The lowest BCUT2D eigenvalue weighted by Gasteiger charge is -2.32. The van der Waals surface area contributed by atoms with E-state index in [1.807, 2.05) is 48.5 Å². The third kappa shape index (κ3) is 5.28. The number of ether oxygens (including phenoxy) is 2. The highest BCUT2D eigenvalue weighted by Crippen LogP contribution is 2.33. The summed E-state index contributed by atoms with van der Waals surface area (Å²) in [6, 6.07) is 17.5. The van der Waals surface area contributed by atoms with Crippen LogP contribution in [0.25, 0.3) is 0 Å². The van der Waals surface area contributed by atoms with E-state index in [-0.39, 0.29) is 18.1 Å². The van der Waals surface area contributed by atoms with E-state index in [1.54, 1.807) is 18.1 Å². The number of anilines is 1. The predicted octanol–water partition coefficient (Wildman–Crippen LogP) is 4.86. The molecule has 2 rings (SSSR count). The SMILES string of the molecule is C=CCN(C(=O)[C@@H](OCOC)c1ccccc1)c1ccccc1C(C)(C)C. The van der Waals surface area contributed by atoms with Gasteiger partial charge in [0.15, 0.2) is 6.10 Å². The highest BCUT2D eigenvalue weighted by atomic mass is 16.7. The fourth-order valence-corrected chi connectivity index (χ4v) is 2.99. The first-order valence-corrected chi connectivity index (χ1v) is 9.07. The zero-order valence-electron chi connectivity index (χ0n) is 16.6. The minimum atomic E-state index is -0.751. The molecule has 27 heavy (non-hydrogen) atoms. The number of amides is 1. The number of methoxy groups -OCH3 is 1. The van der Waals surface area contributed by atoms with Crippen LogP contribution in [0.3, 0.4) is 0 Å². The molecule has 0 aliphatic heterocycles. The van der Waals surface area contributed by atoms with Crippen molar-refractivity contribution in [3.05, 3.63) is 78.4 Å². The summed E-state index contributed by atoms with van der Waals surface area (Å²) in [5.41, 5.74) is 2.66. The lowest BCUT2D eigenvalue weighted by molar-refractivity contribution is -0.139. The summed E-state index contributed by atoms with van der Waals surface area (Å²) in [6.45, 7) is 10.7. The molecule has 0 spiro atoms. The van der Waals surface area contributed by atoms with Gasteiger partial charge < -0.3 is 14.4 Å². The number of hydrogen-bond donors (Lipinski definition) is 0. The van der Waals surface area contributed by atoms with E-state index in [9.17, 15) is 4.79 Å². The molecule has 2 aromatic carbocycles. The Morgan fingerprint density at radius 3 is 2.33 bits per heavy atom. The smallest absolute Gasteiger partial charge is 0.261 e. The topological polar surface area (TPSA) is 38.8 Å². The Morgan fingerprint density at radius 2 is 1.74 bits per heavy atom. The highest BCUT2D eigenvalue weighted by Gasteiger charge is 2.30. The van der Waals surface area contributed by atoms with Gasteiger partial charge in [-0.3, -0.25) is 4.79 Å². The molecule has 0 radical (unpaired) electrons. The van der Waals surface area contributed by atoms with Crippen molar-refractivity contribution in [1.29, 1.82) is 0 Å². The molecular formula is C23H29NO3. The van der Waals surface area contributed by atoms with E-state index in [2.05, 4.69) is 33.4 Å². The molecule has 0 aromatic heterocycles. The van der Waals surface area contributed by atoms with Crippen LogP contribution in [0.2, 0.25) is 0 Å². The number of carbonyl (C=O) groups excluding carboxylic acids is 1. The summed E-state index contributed by atoms with van der Waals surface area (Å²) in [5, 5.41) is 0. The summed E-state index contributed by atoms with van der Waals surface area (Å²) in [5.74, 6) is -0.144. The Balaban J connectivity index is 2.48. The normalized spacial score (nSPS) is 12.4. The van der Waals surface area contributed by atoms with Gasteiger partial charge in [0.2, 0.25) is 0 Å². The van der Waals surface area contributed by atoms with E-state index < -0.39 is 6.10 Å². The van der Waals surface area contributed by atoms with Gasteiger partial charge in [-0.15, -0.1) is 6.58 Å². The van der Waals surface area contributed by atoms with Crippen molar-refractivity contribution < 1.29 is 14.3 Å². The summed E-state index contributed by atoms with van der Waals surface area (Å²) >= 11 is 0. The van der Waals surface area contributed by atoms with Gasteiger partial charge in [-0.1, -0.05) is 75.4 Å². The average Bonchev–Trinajstić information content (AvgIpc) is 2.66. The molecule has 0 N–H and O–H groups in total. The van der Waals surface area contributed by atoms with Crippen molar-refractivity contribution in [2.75, 3.05) is 25.3 Å². The molecule has 0 heterocycles. The third-order valence-corrected chi connectivity index (χ3v) is 4.26. The van der Waals surface area contributed by atoms with Gasteiger partial charge in [-0.05, 0) is 22.6 Å². The van der Waals surface area contributed by atoms with Crippen LogP contribution in [0.15, 0.2) is 67.3 Å². The number of carbonyl (C=O) groups is 1. The van der Waals surface area contributed by atoms with E-state index in [0.29, 0.717) is 6.54 Å². The number of benzene rings is 2. The quantitative estimate of drug-likeness (QED) is 0.494. The maximum absolute atomic E-state index is 13.5. The minimum Gasteiger partial charge on any atom is -0.359 e. The fourth-order valence-electron chi connectivity index (χ4n) is 2.99. The number of rotatable bonds is 8. The largest absolute Gasteiger partial charge is 0.359 e. The molecule has 4 heteroatoms. The van der Waals surface area contributed by atoms with Crippen LogP contribution in [0.1, 0.15) is 38.0 Å². The summed E-state index contributed by atoms with van der Waals surface area (Å²) < 4.78 is 10.8. The fraction of sp³-hybridized carbons (Fsp3) is 0.348. The predicted molar refractivity (Wildman–Crippen MR) is 110 cm³/mol. The molecule has 0 aliphatic carbocycles.